The maximum atomic E-state index is 12.8. The van der Waals surface area contributed by atoms with Gasteiger partial charge in [-0.2, -0.15) is 0 Å². The van der Waals surface area contributed by atoms with Crippen molar-refractivity contribution < 1.29 is 4.79 Å². The van der Waals surface area contributed by atoms with E-state index in [-0.39, 0.29) is 5.92 Å². The minimum atomic E-state index is 0.244. The van der Waals surface area contributed by atoms with Crippen LogP contribution in [0.15, 0.2) is 36.4 Å². The van der Waals surface area contributed by atoms with Crippen LogP contribution in [0.2, 0.25) is 0 Å². The number of anilines is 1. The molecule has 4 nitrogen and oxygen atoms in total. The van der Waals surface area contributed by atoms with Gasteiger partial charge in [0.2, 0.25) is 5.91 Å². The molecular weight excluding hydrogens is 318 g/mol. The van der Waals surface area contributed by atoms with Gasteiger partial charge in [-0.1, -0.05) is 35.6 Å². The van der Waals surface area contributed by atoms with E-state index in [0.29, 0.717) is 17.7 Å². The van der Waals surface area contributed by atoms with Crippen molar-refractivity contribution in [2.45, 2.75) is 12.8 Å². The van der Waals surface area contributed by atoms with Crippen LogP contribution in [0.3, 0.4) is 0 Å². The molecule has 2 aromatic rings. The first kappa shape index (κ1) is 14.5. The monoisotopic (exact) mass is 339 g/mol. The Hall–Kier alpha value is -1.88. The number of piperazine rings is 1. The molecule has 2 bridgehead atoms. The average molecular weight is 339 g/mol. The molecule has 0 N–H and O–H groups in total. The number of hydrogen-bond acceptors (Lipinski definition) is 4. The van der Waals surface area contributed by atoms with Gasteiger partial charge in [0.15, 0.2) is 5.13 Å². The van der Waals surface area contributed by atoms with Gasteiger partial charge in [0.1, 0.15) is 0 Å². The number of hydrogen-bond donors (Lipinski definition) is 0. The maximum absolute atomic E-state index is 12.8. The van der Waals surface area contributed by atoms with E-state index in [9.17, 15) is 4.79 Å². The lowest BCUT2D eigenvalue weighted by Gasteiger charge is -2.36. The Morgan fingerprint density at radius 1 is 1.08 bits per heavy atom. The van der Waals surface area contributed by atoms with Gasteiger partial charge < -0.3 is 9.80 Å². The van der Waals surface area contributed by atoms with Crippen molar-refractivity contribution in [2.24, 2.45) is 17.8 Å². The van der Waals surface area contributed by atoms with E-state index in [2.05, 4.69) is 40.2 Å². The highest BCUT2D eigenvalue weighted by molar-refractivity contribution is 7.22. The van der Waals surface area contributed by atoms with Gasteiger partial charge in [0, 0.05) is 32.1 Å². The molecule has 1 saturated carbocycles. The quantitative estimate of drug-likeness (QED) is 0.789. The summed E-state index contributed by atoms with van der Waals surface area (Å²) in [6.45, 7) is 3.43. The Bertz CT molecular complexity index is 773. The third-order valence-electron chi connectivity index (χ3n) is 5.74. The molecule has 1 aromatic carbocycles. The molecule has 0 radical (unpaired) electrons. The maximum Gasteiger partial charge on any atom is 0.226 e. The number of benzene rings is 1. The Labute approximate surface area is 145 Å². The topological polar surface area (TPSA) is 36.4 Å². The smallest absolute Gasteiger partial charge is 0.226 e. The average Bonchev–Trinajstić information content (AvgIpc) is 3.35. The number of amides is 1. The van der Waals surface area contributed by atoms with Crippen LogP contribution in [0.5, 0.6) is 0 Å². The minimum Gasteiger partial charge on any atom is -0.345 e. The number of para-hydroxylation sites is 1. The van der Waals surface area contributed by atoms with Gasteiger partial charge >= 0.3 is 0 Å². The van der Waals surface area contributed by atoms with Gasteiger partial charge in [0.05, 0.1) is 10.2 Å². The fourth-order valence-corrected chi connectivity index (χ4v) is 5.43. The zero-order valence-corrected chi connectivity index (χ0v) is 14.4. The van der Waals surface area contributed by atoms with Crippen molar-refractivity contribution in [2.75, 3.05) is 31.1 Å². The third-order valence-corrected chi connectivity index (χ3v) is 6.84. The van der Waals surface area contributed by atoms with Crippen LogP contribution < -0.4 is 4.90 Å². The molecule has 3 atom stereocenters. The second-order valence-corrected chi connectivity index (χ2v) is 8.17. The van der Waals surface area contributed by atoms with Crippen LogP contribution in [-0.2, 0) is 4.79 Å². The number of aromatic nitrogens is 1. The summed E-state index contributed by atoms with van der Waals surface area (Å²) in [4.78, 5) is 22.0. The summed E-state index contributed by atoms with van der Waals surface area (Å²) in [6.07, 6.45) is 6.84. The van der Waals surface area contributed by atoms with Crippen molar-refractivity contribution >= 4 is 32.6 Å². The van der Waals surface area contributed by atoms with Crippen molar-refractivity contribution in [1.29, 1.82) is 0 Å². The van der Waals surface area contributed by atoms with E-state index in [1.807, 2.05) is 6.07 Å². The molecule has 3 aliphatic rings. The normalized spacial score (nSPS) is 28.9. The van der Waals surface area contributed by atoms with Crippen LogP contribution in [0.4, 0.5) is 5.13 Å². The van der Waals surface area contributed by atoms with E-state index in [4.69, 9.17) is 4.98 Å². The molecule has 24 heavy (non-hydrogen) atoms. The number of thiazole rings is 1. The zero-order chi connectivity index (χ0) is 16.1. The molecule has 0 unspecified atom stereocenters. The van der Waals surface area contributed by atoms with Crippen LogP contribution >= 0.6 is 11.3 Å². The summed E-state index contributed by atoms with van der Waals surface area (Å²) in [7, 11) is 0. The van der Waals surface area contributed by atoms with Gasteiger partial charge in [0.25, 0.3) is 0 Å². The van der Waals surface area contributed by atoms with Crippen LogP contribution in [0, 0.1) is 17.8 Å². The molecule has 5 heteroatoms. The fourth-order valence-electron chi connectivity index (χ4n) is 4.41. The minimum absolute atomic E-state index is 0.244. The summed E-state index contributed by atoms with van der Waals surface area (Å²) in [5, 5.41) is 1.09. The number of rotatable bonds is 2. The highest BCUT2D eigenvalue weighted by atomic mass is 32.1. The second-order valence-electron chi connectivity index (χ2n) is 7.16. The molecule has 5 rings (SSSR count). The standard InChI is InChI=1S/C19H21N3OS/c23-18(15-12-13-5-6-14(15)11-13)21-7-9-22(10-8-21)19-20-16-3-1-2-4-17(16)24-19/h1-6,13-15H,7-12H2/t13-,14+,15-/m1/s1. The Morgan fingerprint density at radius 2 is 1.92 bits per heavy atom. The summed E-state index contributed by atoms with van der Waals surface area (Å²) in [6, 6.07) is 8.29. The summed E-state index contributed by atoms with van der Waals surface area (Å²) in [5.41, 5.74) is 1.07. The molecule has 1 aliphatic heterocycles. The Kier molecular flexibility index (Phi) is 3.37. The van der Waals surface area contributed by atoms with Crippen molar-refractivity contribution in [3.8, 4) is 0 Å². The summed E-state index contributed by atoms with van der Waals surface area (Å²) >= 11 is 1.75. The van der Waals surface area contributed by atoms with E-state index >= 15 is 0 Å². The first-order valence-corrected chi connectivity index (χ1v) is 9.67. The number of allylic oxidation sites excluding steroid dienone is 2. The number of fused-ring (bicyclic) bond motifs is 3. The van der Waals surface area contributed by atoms with E-state index < -0.39 is 0 Å². The molecular formula is C19H21N3OS. The van der Waals surface area contributed by atoms with Crippen molar-refractivity contribution in [1.82, 2.24) is 9.88 Å². The largest absolute Gasteiger partial charge is 0.345 e. The number of carbonyl (C=O) groups is 1. The lowest BCUT2D eigenvalue weighted by atomic mass is 9.92. The molecule has 2 heterocycles. The van der Waals surface area contributed by atoms with Gasteiger partial charge in [-0.3, -0.25) is 4.79 Å². The van der Waals surface area contributed by atoms with E-state index in [1.54, 1.807) is 11.3 Å². The summed E-state index contributed by atoms with van der Waals surface area (Å²) in [5.74, 6) is 1.79. The van der Waals surface area contributed by atoms with Crippen LogP contribution in [0.1, 0.15) is 12.8 Å². The molecule has 1 saturated heterocycles. The van der Waals surface area contributed by atoms with Gasteiger partial charge in [-0.15, -0.1) is 0 Å². The van der Waals surface area contributed by atoms with Crippen molar-refractivity contribution in [3.05, 3.63) is 36.4 Å². The third kappa shape index (κ3) is 2.34. The molecule has 2 fully saturated rings. The molecule has 0 spiro atoms. The number of nitrogens with zero attached hydrogens (tertiary/aromatic N) is 3. The highest BCUT2D eigenvalue weighted by Crippen LogP contribution is 2.44. The van der Waals surface area contributed by atoms with Crippen LogP contribution in [0.25, 0.3) is 10.2 Å². The SMILES string of the molecule is O=C([C@@H]1C[C@@H]2C=C[C@H]1C2)N1CCN(c2nc3ccccc3s2)CC1. The first-order valence-electron chi connectivity index (χ1n) is 8.85. The zero-order valence-electron chi connectivity index (χ0n) is 13.6. The lowest BCUT2D eigenvalue weighted by molar-refractivity contribution is -0.136. The lowest BCUT2D eigenvalue weighted by Crippen LogP contribution is -2.50. The van der Waals surface area contributed by atoms with E-state index in [1.165, 1.54) is 11.1 Å². The van der Waals surface area contributed by atoms with Crippen LogP contribution in [-0.4, -0.2) is 42.0 Å². The van der Waals surface area contributed by atoms with Crippen molar-refractivity contribution in [3.63, 3.8) is 0 Å². The summed E-state index contributed by atoms with van der Waals surface area (Å²) < 4.78 is 1.24. The molecule has 1 amide bonds. The fraction of sp³-hybridized carbons (Fsp3) is 0.474. The molecule has 2 aliphatic carbocycles. The highest BCUT2D eigenvalue weighted by Gasteiger charge is 2.41. The number of carbonyl (C=O) groups excluding carboxylic acids is 1. The predicted octanol–water partition coefficient (Wildman–Crippen LogP) is 3.16. The predicted molar refractivity (Wildman–Crippen MR) is 97.3 cm³/mol. The van der Waals surface area contributed by atoms with Gasteiger partial charge in [-0.05, 0) is 36.8 Å². The molecule has 124 valence electrons. The second kappa shape index (κ2) is 5.59. The molecule has 1 aromatic heterocycles. The first-order chi connectivity index (χ1) is 11.8. The van der Waals surface area contributed by atoms with Gasteiger partial charge in [-0.25, -0.2) is 4.98 Å². The Balaban J connectivity index is 1.25. The Morgan fingerprint density at radius 3 is 2.62 bits per heavy atom. The van der Waals surface area contributed by atoms with E-state index in [0.717, 1.165) is 43.2 Å².